The Morgan fingerprint density at radius 2 is 2.33 bits per heavy atom. The van der Waals surface area contributed by atoms with Crippen molar-refractivity contribution in [1.82, 2.24) is 4.90 Å². The van der Waals surface area contributed by atoms with Gasteiger partial charge in [0.25, 0.3) is 0 Å². The summed E-state index contributed by atoms with van der Waals surface area (Å²) < 4.78 is 0. The fraction of sp³-hybridized carbons (Fsp3) is 0.800. The summed E-state index contributed by atoms with van der Waals surface area (Å²) in [4.78, 5) is 2.49. The van der Waals surface area contributed by atoms with E-state index in [1.807, 2.05) is 6.08 Å². The lowest BCUT2D eigenvalue weighted by molar-refractivity contribution is 0.253. The van der Waals surface area contributed by atoms with E-state index < -0.39 is 0 Å². The minimum absolute atomic E-state index is 0.616. The van der Waals surface area contributed by atoms with Gasteiger partial charge in [-0.3, -0.25) is 4.90 Å². The maximum atomic E-state index is 5.58. The number of nitrogens with two attached hydrogens (primary N) is 1. The number of rotatable bonds is 6. The van der Waals surface area contributed by atoms with E-state index in [2.05, 4.69) is 18.4 Å². The Morgan fingerprint density at radius 3 is 2.75 bits per heavy atom. The molecule has 0 aromatic carbocycles. The van der Waals surface area contributed by atoms with Gasteiger partial charge in [-0.15, -0.1) is 6.58 Å². The molecule has 0 heterocycles. The van der Waals surface area contributed by atoms with Crippen LogP contribution in [0.15, 0.2) is 12.7 Å². The first-order valence-corrected chi connectivity index (χ1v) is 4.83. The average Bonchev–Trinajstić information content (AvgIpc) is 2.86. The number of hydrogen-bond donors (Lipinski definition) is 1. The molecule has 1 aliphatic carbocycles. The first-order valence-electron chi connectivity index (χ1n) is 4.83. The number of hydrogen-bond acceptors (Lipinski definition) is 2. The minimum Gasteiger partial charge on any atom is -0.330 e. The fourth-order valence-electron chi connectivity index (χ4n) is 1.45. The van der Waals surface area contributed by atoms with E-state index in [9.17, 15) is 0 Å². The SMILES string of the molecule is C=CCN(CC(C)CN)C1CC1. The molecule has 0 radical (unpaired) electrons. The second-order valence-corrected chi connectivity index (χ2v) is 3.81. The van der Waals surface area contributed by atoms with Gasteiger partial charge >= 0.3 is 0 Å². The highest BCUT2D eigenvalue weighted by Crippen LogP contribution is 2.27. The van der Waals surface area contributed by atoms with Crippen LogP contribution in [0.5, 0.6) is 0 Å². The average molecular weight is 168 g/mol. The zero-order valence-corrected chi connectivity index (χ0v) is 8.00. The second-order valence-electron chi connectivity index (χ2n) is 3.81. The summed E-state index contributed by atoms with van der Waals surface area (Å²) >= 11 is 0. The van der Waals surface area contributed by atoms with Crippen LogP contribution in [0, 0.1) is 5.92 Å². The van der Waals surface area contributed by atoms with E-state index in [4.69, 9.17) is 5.73 Å². The van der Waals surface area contributed by atoms with Gasteiger partial charge in [-0.1, -0.05) is 13.0 Å². The van der Waals surface area contributed by atoms with Crippen molar-refractivity contribution < 1.29 is 0 Å². The van der Waals surface area contributed by atoms with Gasteiger partial charge in [-0.25, -0.2) is 0 Å². The Balaban J connectivity index is 2.26. The molecule has 0 aromatic rings. The van der Waals surface area contributed by atoms with Crippen molar-refractivity contribution in [3.8, 4) is 0 Å². The summed E-state index contributed by atoms with van der Waals surface area (Å²) in [7, 11) is 0. The van der Waals surface area contributed by atoms with E-state index in [1.54, 1.807) is 0 Å². The molecule has 1 rings (SSSR count). The molecule has 2 N–H and O–H groups in total. The van der Waals surface area contributed by atoms with E-state index >= 15 is 0 Å². The van der Waals surface area contributed by atoms with Crippen LogP contribution in [0.25, 0.3) is 0 Å². The van der Waals surface area contributed by atoms with Crippen LogP contribution in [0.2, 0.25) is 0 Å². The van der Waals surface area contributed by atoms with Crippen LogP contribution in [0.3, 0.4) is 0 Å². The summed E-state index contributed by atoms with van der Waals surface area (Å²) in [5, 5.41) is 0. The summed E-state index contributed by atoms with van der Waals surface area (Å²) in [5.41, 5.74) is 5.58. The summed E-state index contributed by atoms with van der Waals surface area (Å²) in [5.74, 6) is 0.616. The first-order chi connectivity index (χ1) is 5.77. The molecule has 1 atom stereocenters. The zero-order valence-electron chi connectivity index (χ0n) is 8.00. The van der Waals surface area contributed by atoms with Crippen LogP contribution in [0.4, 0.5) is 0 Å². The van der Waals surface area contributed by atoms with Crippen LogP contribution in [-0.4, -0.2) is 30.6 Å². The summed E-state index contributed by atoms with van der Waals surface area (Å²) in [6, 6.07) is 0.831. The Hall–Kier alpha value is -0.340. The topological polar surface area (TPSA) is 29.3 Å². The van der Waals surface area contributed by atoms with Crippen LogP contribution in [-0.2, 0) is 0 Å². The molecule has 0 aromatic heterocycles. The van der Waals surface area contributed by atoms with Crippen molar-refractivity contribution in [2.45, 2.75) is 25.8 Å². The molecular weight excluding hydrogens is 148 g/mol. The molecule has 1 saturated carbocycles. The van der Waals surface area contributed by atoms with Crippen LogP contribution < -0.4 is 5.73 Å². The Morgan fingerprint density at radius 1 is 1.67 bits per heavy atom. The molecule has 0 aliphatic heterocycles. The third-order valence-electron chi connectivity index (χ3n) is 2.38. The summed E-state index contributed by atoms with van der Waals surface area (Å²) in [6.07, 6.45) is 4.72. The Kier molecular flexibility index (Phi) is 3.76. The quantitative estimate of drug-likeness (QED) is 0.604. The molecule has 0 bridgehead atoms. The molecule has 70 valence electrons. The molecule has 1 unspecified atom stereocenters. The molecule has 1 fully saturated rings. The van der Waals surface area contributed by atoms with Crippen molar-refractivity contribution in [2.24, 2.45) is 11.7 Å². The van der Waals surface area contributed by atoms with Crippen molar-refractivity contribution in [2.75, 3.05) is 19.6 Å². The second kappa shape index (κ2) is 4.63. The van der Waals surface area contributed by atoms with Gasteiger partial charge in [0.05, 0.1) is 0 Å². The van der Waals surface area contributed by atoms with E-state index in [-0.39, 0.29) is 0 Å². The molecule has 12 heavy (non-hydrogen) atoms. The van der Waals surface area contributed by atoms with E-state index in [0.29, 0.717) is 5.92 Å². The fourth-order valence-corrected chi connectivity index (χ4v) is 1.45. The smallest absolute Gasteiger partial charge is 0.0163 e. The van der Waals surface area contributed by atoms with Gasteiger partial charge in [-0.2, -0.15) is 0 Å². The third kappa shape index (κ3) is 2.95. The highest BCUT2D eigenvalue weighted by atomic mass is 15.2. The highest BCUT2D eigenvalue weighted by molar-refractivity contribution is 4.88. The maximum Gasteiger partial charge on any atom is 0.0163 e. The highest BCUT2D eigenvalue weighted by Gasteiger charge is 2.28. The van der Waals surface area contributed by atoms with Crippen molar-refractivity contribution >= 4 is 0 Å². The van der Waals surface area contributed by atoms with E-state index in [0.717, 1.165) is 25.7 Å². The lowest BCUT2D eigenvalue weighted by atomic mass is 10.1. The number of nitrogens with zero attached hydrogens (tertiary/aromatic N) is 1. The Labute approximate surface area is 75.4 Å². The van der Waals surface area contributed by atoms with Gasteiger partial charge in [0, 0.05) is 19.1 Å². The van der Waals surface area contributed by atoms with E-state index in [1.165, 1.54) is 12.8 Å². The third-order valence-corrected chi connectivity index (χ3v) is 2.38. The Bertz CT molecular complexity index is 141. The lowest BCUT2D eigenvalue weighted by Gasteiger charge is -2.23. The first kappa shape index (κ1) is 9.75. The zero-order chi connectivity index (χ0) is 8.97. The maximum absolute atomic E-state index is 5.58. The standard InChI is InChI=1S/C10H20N2/c1-3-6-12(10-4-5-10)8-9(2)7-11/h3,9-10H,1,4-8,11H2,2H3. The van der Waals surface area contributed by atoms with Crippen LogP contribution in [0.1, 0.15) is 19.8 Å². The largest absolute Gasteiger partial charge is 0.330 e. The van der Waals surface area contributed by atoms with Gasteiger partial charge in [0.1, 0.15) is 0 Å². The lowest BCUT2D eigenvalue weighted by Crippen LogP contribution is -2.33. The molecule has 0 spiro atoms. The summed E-state index contributed by atoms with van der Waals surface area (Å²) in [6.45, 7) is 8.92. The van der Waals surface area contributed by atoms with Crippen molar-refractivity contribution in [3.05, 3.63) is 12.7 Å². The predicted octanol–water partition coefficient (Wildman–Crippen LogP) is 1.23. The monoisotopic (exact) mass is 168 g/mol. The molecule has 2 heteroatoms. The predicted molar refractivity (Wildman–Crippen MR) is 53.0 cm³/mol. The molecule has 2 nitrogen and oxygen atoms in total. The van der Waals surface area contributed by atoms with Gasteiger partial charge in [-0.05, 0) is 25.3 Å². The van der Waals surface area contributed by atoms with Gasteiger partial charge in [0.2, 0.25) is 0 Å². The van der Waals surface area contributed by atoms with Crippen LogP contribution >= 0.6 is 0 Å². The normalized spacial score (nSPS) is 19.6. The molecule has 0 saturated heterocycles. The molecule has 0 amide bonds. The van der Waals surface area contributed by atoms with Crippen molar-refractivity contribution in [1.29, 1.82) is 0 Å². The van der Waals surface area contributed by atoms with Gasteiger partial charge < -0.3 is 5.73 Å². The molecular formula is C10H20N2. The van der Waals surface area contributed by atoms with Crippen molar-refractivity contribution in [3.63, 3.8) is 0 Å². The minimum atomic E-state index is 0.616. The molecule has 1 aliphatic rings. The van der Waals surface area contributed by atoms with Gasteiger partial charge in [0.15, 0.2) is 0 Å².